The van der Waals surface area contributed by atoms with E-state index < -0.39 is 0 Å². The summed E-state index contributed by atoms with van der Waals surface area (Å²) in [4.78, 5) is 13.0. The molecule has 2 N–H and O–H groups in total. The molecule has 24 heavy (non-hydrogen) atoms. The lowest BCUT2D eigenvalue weighted by Gasteiger charge is -2.16. The first kappa shape index (κ1) is 18.6. The van der Waals surface area contributed by atoms with Crippen LogP contribution in [0.2, 0.25) is 5.02 Å². The second-order valence-corrected chi connectivity index (χ2v) is 6.68. The van der Waals surface area contributed by atoms with Crippen molar-refractivity contribution in [3.63, 3.8) is 0 Å². The van der Waals surface area contributed by atoms with Crippen LogP contribution >= 0.6 is 23.4 Å². The lowest BCUT2D eigenvalue weighted by Crippen LogP contribution is -2.39. The van der Waals surface area contributed by atoms with Crippen LogP contribution in [0.25, 0.3) is 0 Å². The van der Waals surface area contributed by atoms with Crippen molar-refractivity contribution in [1.82, 2.24) is 10.6 Å². The maximum Gasteiger partial charge on any atom is 0.314 e. The van der Waals surface area contributed by atoms with Crippen LogP contribution in [0, 0.1) is 0 Å². The van der Waals surface area contributed by atoms with Crippen molar-refractivity contribution in [2.24, 2.45) is 0 Å². The summed E-state index contributed by atoms with van der Waals surface area (Å²) >= 11 is 7.52. The van der Waals surface area contributed by atoms with Crippen LogP contribution in [0.3, 0.4) is 0 Å². The Hall–Kier alpha value is -1.69. The van der Waals surface area contributed by atoms with Gasteiger partial charge in [-0.15, -0.1) is 11.8 Å². The molecule has 6 heteroatoms. The molecule has 2 amide bonds. The molecule has 0 heterocycles. The van der Waals surface area contributed by atoms with Crippen molar-refractivity contribution in [2.45, 2.75) is 11.0 Å². The third kappa shape index (κ3) is 6.43. The Morgan fingerprint density at radius 3 is 2.50 bits per heavy atom. The normalized spacial score (nSPS) is 11.8. The van der Waals surface area contributed by atoms with E-state index in [-0.39, 0.29) is 12.1 Å². The van der Waals surface area contributed by atoms with E-state index >= 15 is 0 Å². The van der Waals surface area contributed by atoms with E-state index in [0.717, 1.165) is 21.2 Å². The van der Waals surface area contributed by atoms with Crippen LogP contribution in [0.5, 0.6) is 0 Å². The molecule has 4 nitrogen and oxygen atoms in total. The molecule has 0 aliphatic rings. The quantitative estimate of drug-likeness (QED) is 0.547. The van der Waals surface area contributed by atoms with Crippen molar-refractivity contribution in [1.29, 1.82) is 0 Å². The van der Waals surface area contributed by atoms with Gasteiger partial charge in [-0.25, -0.2) is 4.79 Å². The molecule has 0 saturated heterocycles. The predicted molar refractivity (Wildman–Crippen MR) is 99.8 cm³/mol. The highest BCUT2D eigenvalue weighted by atomic mass is 35.5. The predicted octanol–water partition coefficient (Wildman–Crippen LogP) is 4.12. The number of methoxy groups -OCH3 is 1. The van der Waals surface area contributed by atoms with E-state index in [9.17, 15) is 4.79 Å². The number of nitrogens with one attached hydrogen (secondary N) is 2. The van der Waals surface area contributed by atoms with Crippen molar-refractivity contribution in [2.75, 3.05) is 26.0 Å². The zero-order chi connectivity index (χ0) is 17.2. The van der Waals surface area contributed by atoms with Crippen LogP contribution in [0.4, 0.5) is 4.79 Å². The summed E-state index contributed by atoms with van der Waals surface area (Å²) in [6, 6.07) is 17.3. The van der Waals surface area contributed by atoms with Crippen LogP contribution in [-0.4, -0.2) is 32.0 Å². The van der Waals surface area contributed by atoms with Gasteiger partial charge in [0.15, 0.2) is 0 Å². The fraction of sp³-hybridized carbons (Fsp3) is 0.278. The number of rotatable bonds is 8. The van der Waals surface area contributed by atoms with Gasteiger partial charge in [0.2, 0.25) is 0 Å². The molecule has 2 rings (SSSR count). The summed E-state index contributed by atoms with van der Waals surface area (Å²) in [5, 5.41) is 6.40. The average molecular weight is 365 g/mol. The van der Waals surface area contributed by atoms with Gasteiger partial charge in [-0.05, 0) is 29.8 Å². The number of halogens is 1. The second kappa shape index (κ2) is 10.2. The fourth-order valence-corrected chi connectivity index (χ4v) is 3.01. The van der Waals surface area contributed by atoms with Gasteiger partial charge in [0.1, 0.15) is 0 Å². The fourth-order valence-electron chi connectivity index (χ4n) is 2.12. The van der Waals surface area contributed by atoms with Gasteiger partial charge in [0, 0.05) is 35.9 Å². The molecule has 0 spiro atoms. The molecular weight excluding hydrogens is 344 g/mol. The summed E-state index contributed by atoms with van der Waals surface area (Å²) in [5.41, 5.74) is 1.04. The van der Waals surface area contributed by atoms with E-state index in [1.165, 1.54) is 0 Å². The lowest BCUT2D eigenvalue weighted by molar-refractivity contribution is 0.104. The number of ether oxygens (including phenoxy) is 1. The van der Waals surface area contributed by atoms with E-state index in [1.807, 2.05) is 54.6 Å². The highest BCUT2D eigenvalue weighted by molar-refractivity contribution is 7.99. The molecule has 1 atom stereocenters. The van der Waals surface area contributed by atoms with E-state index in [2.05, 4.69) is 10.6 Å². The number of carbonyl (C=O) groups is 1. The van der Waals surface area contributed by atoms with Gasteiger partial charge in [0.05, 0.1) is 6.10 Å². The monoisotopic (exact) mass is 364 g/mol. The standard InChI is InChI=1S/C18H21ClN2O2S/c1-23-17(14-5-3-2-4-6-14)13-21-18(22)20-11-12-24-16-9-7-15(19)8-10-16/h2-10,17H,11-13H2,1H3,(H2,20,21,22). The number of amides is 2. The highest BCUT2D eigenvalue weighted by Gasteiger charge is 2.11. The minimum Gasteiger partial charge on any atom is -0.375 e. The zero-order valence-corrected chi connectivity index (χ0v) is 15.1. The molecule has 2 aromatic carbocycles. The molecule has 0 aliphatic heterocycles. The van der Waals surface area contributed by atoms with Crippen molar-refractivity contribution in [3.05, 3.63) is 65.2 Å². The first-order valence-electron chi connectivity index (χ1n) is 7.67. The molecule has 0 aliphatic carbocycles. The number of thioether (sulfide) groups is 1. The average Bonchev–Trinajstić information content (AvgIpc) is 2.62. The molecule has 0 fully saturated rings. The minimum atomic E-state index is -0.190. The first-order chi connectivity index (χ1) is 11.7. The summed E-state index contributed by atoms with van der Waals surface area (Å²) in [7, 11) is 1.64. The highest BCUT2D eigenvalue weighted by Crippen LogP contribution is 2.19. The number of carbonyl (C=O) groups excluding carboxylic acids is 1. The van der Waals surface area contributed by atoms with Crippen molar-refractivity contribution < 1.29 is 9.53 Å². The molecule has 2 aromatic rings. The van der Waals surface area contributed by atoms with Crippen LogP contribution in [0.1, 0.15) is 11.7 Å². The third-order valence-corrected chi connectivity index (χ3v) is 4.64. The summed E-state index contributed by atoms with van der Waals surface area (Å²) < 4.78 is 5.42. The maximum atomic E-state index is 11.8. The smallest absolute Gasteiger partial charge is 0.314 e. The Labute approximate surface area is 151 Å². The second-order valence-electron chi connectivity index (χ2n) is 5.07. The molecular formula is C18H21ClN2O2S. The van der Waals surface area contributed by atoms with Gasteiger partial charge >= 0.3 is 6.03 Å². The summed E-state index contributed by atoms with van der Waals surface area (Å²) in [6.45, 7) is 1.01. The number of hydrogen-bond acceptors (Lipinski definition) is 3. The SMILES string of the molecule is COC(CNC(=O)NCCSc1ccc(Cl)cc1)c1ccccc1. The number of urea groups is 1. The Bertz CT molecular complexity index is 623. The Morgan fingerprint density at radius 1 is 1.12 bits per heavy atom. The van der Waals surface area contributed by atoms with Crippen molar-refractivity contribution >= 4 is 29.4 Å². The van der Waals surface area contributed by atoms with Gasteiger partial charge in [-0.3, -0.25) is 0 Å². The molecule has 1 unspecified atom stereocenters. The number of hydrogen-bond donors (Lipinski definition) is 2. The first-order valence-corrected chi connectivity index (χ1v) is 9.03. The molecule has 0 saturated carbocycles. The Kier molecular flexibility index (Phi) is 7.95. The van der Waals surface area contributed by atoms with Gasteiger partial charge in [-0.2, -0.15) is 0 Å². The molecule has 0 bridgehead atoms. The lowest BCUT2D eigenvalue weighted by atomic mass is 10.1. The van der Waals surface area contributed by atoms with E-state index in [0.29, 0.717) is 13.1 Å². The van der Waals surface area contributed by atoms with Gasteiger partial charge < -0.3 is 15.4 Å². The third-order valence-electron chi connectivity index (χ3n) is 3.37. The van der Waals surface area contributed by atoms with Crippen LogP contribution in [0.15, 0.2) is 59.5 Å². The topological polar surface area (TPSA) is 50.4 Å². The van der Waals surface area contributed by atoms with E-state index in [1.54, 1.807) is 18.9 Å². The summed E-state index contributed by atoms with van der Waals surface area (Å²) in [5.74, 6) is 0.793. The largest absolute Gasteiger partial charge is 0.375 e. The van der Waals surface area contributed by atoms with Gasteiger partial charge in [-0.1, -0.05) is 41.9 Å². The maximum absolute atomic E-state index is 11.8. The minimum absolute atomic E-state index is 0.152. The van der Waals surface area contributed by atoms with Crippen molar-refractivity contribution in [3.8, 4) is 0 Å². The van der Waals surface area contributed by atoms with Gasteiger partial charge in [0.25, 0.3) is 0 Å². The summed E-state index contributed by atoms with van der Waals surface area (Å²) in [6.07, 6.45) is -0.152. The number of benzene rings is 2. The Morgan fingerprint density at radius 2 is 1.83 bits per heavy atom. The van der Waals surface area contributed by atoms with Crippen LogP contribution in [-0.2, 0) is 4.74 Å². The molecule has 128 valence electrons. The zero-order valence-electron chi connectivity index (χ0n) is 13.5. The molecule has 0 aromatic heterocycles. The molecule has 0 radical (unpaired) electrons. The van der Waals surface area contributed by atoms with Crippen LogP contribution < -0.4 is 10.6 Å². The van der Waals surface area contributed by atoms with E-state index in [4.69, 9.17) is 16.3 Å². The Balaban J connectivity index is 1.65.